The molecule has 0 aliphatic rings. The van der Waals surface area contributed by atoms with E-state index in [1.54, 1.807) is 0 Å². The molecule has 0 fully saturated rings. The number of rotatable bonds is 8. The summed E-state index contributed by atoms with van der Waals surface area (Å²) in [5.41, 5.74) is 1.36. The lowest BCUT2D eigenvalue weighted by Crippen LogP contribution is -2.44. The van der Waals surface area contributed by atoms with Gasteiger partial charge >= 0.3 is 5.97 Å². The largest absolute Gasteiger partial charge is 0.481 e. The van der Waals surface area contributed by atoms with Crippen molar-refractivity contribution in [3.8, 4) is 0 Å². The van der Waals surface area contributed by atoms with Crippen LogP contribution in [-0.4, -0.2) is 33.4 Å². The Hall–Kier alpha value is -1.50. The Morgan fingerprint density at radius 1 is 1.38 bits per heavy atom. The van der Waals surface area contributed by atoms with E-state index >= 15 is 0 Å². The first-order valence-electron chi connectivity index (χ1n) is 6.73. The molecule has 0 radical (unpaired) electrons. The molecule has 1 rings (SSSR count). The van der Waals surface area contributed by atoms with Crippen LogP contribution in [0, 0.1) is 13.8 Å². The highest BCUT2D eigenvalue weighted by Crippen LogP contribution is 2.19. The van der Waals surface area contributed by atoms with E-state index in [2.05, 4.69) is 10.5 Å². The van der Waals surface area contributed by atoms with Gasteiger partial charge in [-0.25, -0.2) is 0 Å². The van der Waals surface area contributed by atoms with Crippen LogP contribution in [0.4, 0.5) is 0 Å². The molecule has 0 unspecified atom stereocenters. The number of aromatic nitrogens is 1. The van der Waals surface area contributed by atoms with Crippen molar-refractivity contribution in [2.24, 2.45) is 0 Å². The van der Waals surface area contributed by atoms with Crippen molar-refractivity contribution < 1.29 is 19.2 Å². The van der Waals surface area contributed by atoms with Gasteiger partial charge < -0.3 is 14.9 Å². The van der Waals surface area contributed by atoms with Crippen LogP contribution in [0.1, 0.15) is 43.7 Å². The average molecular weight is 314 g/mol. The Morgan fingerprint density at radius 3 is 2.57 bits per heavy atom. The molecule has 0 atom stereocenters. The normalized spacial score (nSPS) is 11.4. The quantitative estimate of drug-likeness (QED) is 0.765. The number of hydrogen-bond donors (Lipinski definition) is 2. The molecule has 1 aromatic rings. The number of nitrogens with zero attached hydrogens (tertiary/aromatic N) is 1. The maximum Gasteiger partial charge on any atom is 0.303 e. The first kappa shape index (κ1) is 17.6. The van der Waals surface area contributed by atoms with Crippen molar-refractivity contribution in [2.45, 2.75) is 51.8 Å². The minimum absolute atomic E-state index is 0.0412. The molecular weight excluding hydrogens is 292 g/mol. The molecule has 0 aromatic carbocycles. The molecule has 0 saturated carbocycles. The van der Waals surface area contributed by atoms with E-state index in [4.69, 9.17) is 9.63 Å². The molecule has 0 bridgehead atoms. The smallest absolute Gasteiger partial charge is 0.303 e. The van der Waals surface area contributed by atoms with Crippen molar-refractivity contribution in [2.75, 3.05) is 5.75 Å². The van der Waals surface area contributed by atoms with E-state index in [1.807, 2.05) is 27.7 Å². The first-order valence-corrected chi connectivity index (χ1v) is 7.89. The number of aryl methyl sites for hydroxylation is 2. The summed E-state index contributed by atoms with van der Waals surface area (Å²) in [5, 5.41) is 15.4. The Labute approximate surface area is 128 Å². The van der Waals surface area contributed by atoms with Crippen molar-refractivity contribution in [3.05, 3.63) is 17.0 Å². The molecule has 0 aliphatic carbocycles. The van der Waals surface area contributed by atoms with E-state index in [0.717, 1.165) is 17.0 Å². The van der Waals surface area contributed by atoms with Gasteiger partial charge in [0.15, 0.2) is 0 Å². The van der Waals surface area contributed by atoms with Crippen molar-refractivity contribution in [1.29, 1.82) is 0 Å². The molecule has 1 aromatic heterocycles. The van der Waals surface area contributed by atoms with E-state index in [0.29, 0.717) is 17.9 Å². The third-order valence-corrected chi connectivity index (χ3v) is 4.06. The Balaban J connectivity index is 2.35. The zero-order valence-corrected chi connectivity index (χ0v) is 13.7. The summed E-state index contributed by atoms with van der Waals surface area (Å²) in [7, 11) is 0. The third-order valence-electron chi connectivity index (χ3n) is 3.10. The highest BCUT2D eigenvalue weighted by molar-refractivity contribution is 7.99. The monoisotopic (exact) mass is 314 g/mol. The molecule has 6 nitrogen and oxygen atoms in total. The minimum atomic E-state index is -0.856. The molecule has 1 amide bonds. The number of carbonyl (C=O) groups excluding carboxylic acids is 1. The van der Waals surface area contributed by atoms with Gasteiger partial charge in [-0.15, -0.1) is 11.8 Å². The minimum Gasteiger partial charge on any atom is -0.481 e. The predicted octanol–water partition coefficient (Wildman–Crippen LogP) is 2.28. The van der Waals surface area contributed by atoms with E-state index in [-0.39, 0.29) is 12.3 Å². The fourth-order valence-electron chi connectivity index (χ4n) is 1.85. The summed E-state index contributed by atoms with van der Waals surface area (Å²) in [6.07, 6.45) is 0.447. The lowest BCUT2D eigenvalue weighted by molar-refractivity contribution is -0.137. The van der Waals surface area contributed by atoms with Crippen LogP contribution in [0.3, 0.4) is 0 Å². The molecular formula is C14H22N2O4S. The van der Waals surface area contributed by atoms with E-state index in [9.17, 15) is 9.59 Å². The third kappa shape index (κ3) is 6.20. The molecule has 21 heavy (non-hydrogen) atoms. The molecule has 0 aliphatic heterocycles. The van der Waals surface area contributed by atoms with Gasteiger partial charge in [0, 0.05) is 23.3 Å². The van der Waals surface area contributed by atoms with Gasteiger partial charge in [0.05, 0.1) is 11.4 Å². The number of carboxylic acids is 1. The van der Waals surface area contributed by atoms with Gasteiger partial charge in [-0.1, -0.05) is 5.16 Å². The molecule has 0 saturated heterocycles. The van der Waals surface area contributed by atoms with Crippen LogP contribution in [-0.2, 0) is 15.3 Å². The second-order valence-corrected chi connectivity index (χ2v) is 6.61. The Bertz CT molecular complexity index is 492. The van der Waals surface area contributed by atoms with Gasteiger partial charge in [-0.05, 0) is 34.1 Å². The summed E-state index contributed by atoms with van der Waals surface area (Å²) in [4.78, 5) is 22.5. The van der Waals surface area contributed by atoms with Crippen molar-refractivity contribution in [1.82, 2.24) is 10.5 Å². The molecule has 0 spiro atoms. The zero-order chi connectivity index (χ0) is 16.0. The number of aliphatic carboxylic acids is 1. The number of carboxylic acid groups (broad SMARTS) is 1. The van der Waals surface area contributed by atoms with Gasteiger partial charge in [-0.3, -0.25) is 9.59 Å². The second-order valence-electron chi connectivity index (χ2n) is 5.62. The van der Waals surface area contributed by atoms with Gasteiger partial charge in [0.1, 0.15) is 5.76 Å². The average Bonchev–Trinajstić information content (AvgIpc) is 2.67. The van der Waals surface area contributed by atoms with Gasteiger partial charge in [0.2, 0.25) is 5.91 Å². The fourth-order valence-corrected chi connectivity index (χ4v) is 2.83. The highest BCUT2D eigenvalue weighted by atomic mass is 32.2. The van der Waals surface area contributed by atoms with Crippen molar-refractivity contribution in [3.63, 3.8) is 0 Å². The number of nitrogens with one attached hydrogen (secondary N) is 1. The van der Waals surface area contributed by atoms with Crippen LogP contribution < -0.4 is 5.32 Å². The summed E-state index contributed by atoms with van der Waals surface area (Å²) >= 11 is 1.48. The number of carbonyl (C=O) groups is 2. The number of amides is 1. The van der Waals surface area contributed by atoms with Crippen LogP contribution in [0.2, 0.25) is 0 Å². The molecule has 7 heteroatoms. The second kappa shape index (κ2) is 7.49. The SMILES string of the molecule is Cc1noc(C)c1CSCC(=O)NC(C)(C)CCC(=O)O. The standard InChI is InChI=1S/C14H22N2O4S/c1-9-11(10(2)20-16-9)7-21-8-12(17)15-14(3,4)6-5-13(18)19/h5-8H2,1-4H3,(H,15,17)(H,18,19). The predicted molar refractivity (Wildman–Crippen MR) is 81.2 cm³/mol. The summed E-state index contributed by atoms with van der Waals surface area (Å²) < 4.78 is 5.07. The van der Waals surface area contributed by atoms with Crippen molar-refractivity contribution >= 4 is 23.6 Å². The van der Waals surface area contributed by atoms with Gasteiger partial charge in [-0.2, -0.15) is 0 Å². The van der Waals surface area contributed by atoms with Crippen LogP contribution in [0.15, 0.2) is 4.52 Å². The number of hydrogen-bond acceptors (Lipinski definition) is 5. The maximum atomic E-state index is 11.9. The van der Waals surface area contributed by atoms with E-state index in [1.165, 1.54) is 11.8 Å². The topological polar surface area (TPSA) is 92.4 Å². The zero-order valence-electron chi connectivity index (χ0n) is 12.9. The first-order chi connectivity index (χ1) is 9.71. The molecule has 1 heterocycles. The number of thioether (sulfide) groups is 1. The van der Waals surface area contributed by atoms with Crippen LogP contribution in [0.25, 0.3) is 0 Å². The Morgan fingerprint density at radius 2 is 2.05 bits per heavy atom. The van der Waals surface area contributed by atoms with E-state index < -0.39 is 11.5 Å². The van der Waals surface area contributed by atoms with Crippen LogP contribution >= 0.6 is 11.8 Å². The summed E-state index contributed by atoms with van der Waals surface area (Å²) in [6.45, 7) is 7.38. The molecule has 2 N–H and O–H groups in total. The lowest BCUT2D eigenvalue weighted by atomic mass is 9.98. The maximum absolute atomic E-state index is 11.9. The lowest BCUT2D eigenvalue weighted by Gasteiger charge is -2.25. The molecule has 118 valence electrons. The van der Waals surface area contributed by atoms with Gasteiger partial charge in [0.25, 0.3) is 0 Å². The summed E-state index contributed by atoms with van der Waals surface area (Å²) in [5.74, 6) is 0.819. The highest BCUT2D eigenvalue weighted by Gasteiger charge is 2.21. The summed E-state index contributed by atoms with van der Waals surface area (Å²) in [6, 6.07) is 0. The van der Waals surface area contributed by atoms with Crippen LogP contribution in [0.5, 0.6) is 0 Å². The fraction of sp³-hybridized carbons (Fsp3) is 0.643. The Kier molecular flexibility index (Phi) is 6.26.